The first kappa shape index (κ1) is 9.92. The highest BCUT2D eigenvalue weighted by molar-refractivity contribution is 4.77. The molecule has 0 spiro atoms. The van der Waals surface area contributed by atoms with Gasteiger partial charge in [-0.1, -0.05) is 13.8 Å². The first-order chi connectivity index (χ1) is 5.65. The molecule has 0 saturated carbocycles. The van der Waals surface area contributed by atoms with E-state index in [9.17, 15) is 5.11 Å². The SMILES string of the molecule is CC1CC(C(C)CON)OC1O. The van der Waals surface area contributed by atoms with Gasteiger partial charge < -0.3 is 14.7 Å². The minimum Gasteiger partial charge on any atom is -0.368 e. The van der Waals surface area contributed by atoms with Crippen LogP contribution in [0.25, 0.3) is 0 Å². The molecular formula is C8H17NO3. The van der Waals surface area contributed by atoms with E-state index in [1.807, 2.05) is 13.8 Å². The first-order valence-electron chi connectivity index (χ1n) is 4.30. The Bertz CT molecular complexity index is 132. The van der Waals surface area contributed by atoms with Gasteiger partial charge in [0.15, 0.2) is 6.29 Å². The van der Waals surface area contributed by atoms with Crippen LogP contribution in [0.1, 0.15) is 20.3 Å². The van der Waals surface area contributed by atoms with Gasteiger partial charge in [0.1, 0.15) is 0 Å². The van der Waals surface area contributed by atoms with E-state index >= 15 is 0 Å². The summed E-state index contributed by atoms with van der Waals surface area (Å²) in [6.45, 7) is 4.45. The molecule has 1 aliphatic heterocycles. The van der Waals surface area contributed by atoms with Crippen LogP contribution in [0, 0.1) is 11.8 Å². The lowest BCUT2D eigenvalue weighted by Gasteiger charge is -2.17. The van der Waals surface area contributed by atoms with Crippen LogP contribution < -0.4 is 5.90 Å². The van der Waals surface area contributed by atoms with Crippen molar-refractivity contribution in [2.45, 2.75) is 32.7 Å². The van der Waals surface area contributed by atoms with Crippen LogP contribution in [-0.4, -0.2) is 24.1 Å². The van der Waals surface area contributed by atoms with E-state index in [0.29, 0.717) is 6.61 Å². The van der Waals surface area contributed by atoms with Gasteiger partial charge in [-0.3, -0.25) is 0 Å². The number of rotatable bonds is 3. The zero-order chi connectivity index (χ0) is 9.14. The molecule has 1 fully saturated rings. The molecule has 1 heterocycles. The number of hydrogen-bond donors (Lipinski definition) is 2. The van der Waals surface area contributed by atoms with E-state index in [1.54, 1.807) is 0 Å². The predicted molar refractivity (Wildman–Crippen MR) is 44.0 cm³/mol. The molecule has 0 aromatic carbocycles. The summed E-state index contributed by atoms with van der Waals surface area (Å²) in [5.41, 5.74) is 0. The van der Waals surface area contributed by atoms with Crippen molar-refractivity contribution < 1.29 is 14.7 Å². The smallest absolute Gasteiger partial charge is 0.157 e. The monoisotopic (exact) mass is 175 g/mol. The largest absolute Gasteiger partial charge is 0.368 e. The number of aliphatic hydroxyl groups excluding tert-OH is 1. The second-order valence-corrected chi connectivity index (χ2v) is 3.59. The minimum absolute atomic E-state index is 0.0820. The standard InChI is InChI=1S/C8H17NO3/c1-5-3-7(12-8(5)10)6(2)4-11-9/h5-8,10H,3-4,9H2,1-2H3. The maximum absolute atomic E-state index is 9.29. The van der Waals surface area contributed by atoms with Crippen molar-refractivity contribution in [2.75, 3.05) is 6.61 Å². The molecule has 4 atom stereocenters. The van der Waals surface area contributed by atoms with Gasteiger partial charge in [0.05, 0.1) is 12.7 Å². The van der Waals surface area contributed by atoms with Crippen molar-refractivity contribution in [1.29, 1.82) is 0 Å². The molecule has 0 aromatic rings. The van der Waals surface area contributed by atoms with Crippen molar-refractivity contribution in [3.05, 3.63) is 0 Å². The summed E-state index contributed by atoms with van der Waals surface area (Å²) < 4.78 is 5.31. The first-order valence-corrected chi connectivity index (χ1v) is 4.30. The third kappa shape index (κ3) is 2.17. The molecule has 12 heavy (non-hydrogen) atoms. The van der Waals surface area contributed by atoms with Crippen LogP contribution in [0.2, 0.25) is 0 Å². The molecule has 0 radical (unpaired) electrons. The fourth-order valence-electron chi connectivity index (χ4n) is 1.48. The molecular weight excluding hydrogens is 158 g/mol. The van der Waals surface area contributed by atoms with Crippen LogP contribution in [0.5, 0.6) is 0 Å². The Morgan fingerprint density at radius 3 is 2.83 bits per heavy atom. The lowest BCUT2D eigenvalue weighted by atomic mass is 9.98. The maximum atomic E-state index is 9.29. The normalized spacial score (nSPS) is 38.5. The fraction of sp³-hybridized carbons (Fsp3) is 1.00. The summed E-state index contributed by atoms with van der Waals surface area (Å²) in [5, 5.41) is 9.29. The third-order valence-corrected chi connectivity index (χ3v) is 2.40. The lowest BCUT2D eigenvalue weighted by molar-refractivity contribution is -0.122. The van der Waals surface area contributed by atoms with Crippen LogP contribution in [-0.2, 0) is 9.57 Å². The number of aliphatic hydroxyl groups is 1. The summed E-state index contributed by atoms with van der Waals surface area (Å²) in [6.07, 6.45) is 0.347. The van der Waals surface area contributed by atoms with Crippen molar-refractivity contribution in [2.24, 2.45) is 17.7 Å². The zero-order valence-corrected chi connectivity index (χ0v) is 7.56. The average Bonchev–Trinajstić information content (AvgIpc) is 2.33. The van der Waals surface area contributed by atoms with Gasteiger partial charge in [0.25, 0.3) is 0 Å². The second-order valence-electron chi connectivity index (χ2n) is 3.59. The quantitative estimate of drug-likeness (QED) is 0.604. The molecule has 1 aliphatic rings. The summed E-state index contributed by atoms with van der Waals surface area (Å²) in [4.78, 5) is 4.52. The zero-order valence-electron chi connectivity index (χ0n) is 7.56. The molecule has 0 aromatic heterocycles. The number of nitrogens with two attached hydrogens (primary N) is 1. The van der Waals surface area contributed by atoms with Crippen molar-refractivity contribution >= 4 is 0 Å². The number of ether oxygens (including phenoxy) is 1. The second kappa shape index (κ2) is 4.18. The Labute approximate surface area is 72.6 Å². The Hall–Kier alpha value is -0.160. The Morgan fingerprint density at radius 2 is 2.42 bits per heavy atom. The van der Waals surface area contributed by atoms with Gasteiger partial charge in [-0.25, -0.2) is 5.90 Å². The molecule has 0 amide bonds. The van der Waals surface area contributed by atoms with Crippen LogP contribution in [0.15, 0.2) is 0 Å². The van der Waals surface area contributed by atoms with E-state index < -0.39 is 6.29 Å². The van der Waals surface area contributed by atoms with E-state index in [4.69, 9.17) is 10.6 Å². The molecule has 72 valence electrons. The Balaban J connectivity index is 2.35. The predicted octanol–water partition coefficient (Wildman–Crippen LogP) is 0.256. The van der Waals surface area contributed by atoms with Gasteiger partial charge in [-0.2, -0.15) is 0 Å². The van der Waals surface area contributed by atoms with Gasteiger partial charge >= 0.3 is 0 Å². The van der Waals surface area contributed by atoms with E-state index in [-0.39, 0.29) is 17.9 Å². The van der Waals surface area contributed by atoms with Gasteiger partial charge in [0.2, 0.25) is 0 Å². The van der Waals surface area contributed by atoms with Crippen LogP contribution >= 0.6 is 0 Å². The van der Waals surface area contributed by atoms with Crippen molar-refractivity contribution in [3.8, 4) is 0 Å². The molecule has 4 heteroatoms. The topological polar surface area (TPSA) is 64.7 Å². The fourth-order valence-corrected chi connectivity index (χ4v) is 1.48. The summed E-state index contributed by atoms with van der Waals surface area (Å²) in [7, 11) is 0. The average molecular weight is 175 g/mol. The van der Waals surface area contributed by atoms with Crippen molar-refractivity contribution in [1.82, 2.24) is 0 Å². The van der Waals surface area contributed by atoms with E-state index in [0.717, 1.165) is 6.42 Å². The summed E-state index contributed by atoms with van der Waals surface area (Å²) in [6, 6.07) is 0. The van der Waals surface area contributed by atoms with E-state index in [2.05, 4.69) is 4.84 Å². The van der Waals surface area contributed by atoms with Gasteiger partial charge in [-0.05, 0) is 6.42 Å². The highest BCUT2D eigenvalue weighted by Crippen LogP contribution is 2.28. The molecule has 3 N–H and O–H groups in total. The summed E-state index contributed by atoms with van der Waals surface area (Å²) in [5.74, 6) is 5.41. The summed E-state index contributed by atoms with van der Waals surface area (Å²) >= 11 is 0. The molecule has 4 unspecified atom stereocenters. The molecule has 1 saturated heterocycles. The molecule has 1 rings (SSSR count). The molecule has 0 bridgehead atoms. The highest BCUT2D eigenvalue weighted by atomic mass is 16.6. The van der Waals surface area contributed by atoms with E-state index in [1.165, 1.54) is 0 Å². The highest BCUT2D eigenvalue weighted by Gasteiger charge is 2.33. The van der Waals surface area contributed by atoms with Gasteiger partial charge in [0, 0.05) is 11.8 Å². The Morgan fingerprint density at radius 1 is 1.75 bits per heavy atom. The van der Waals surface area contributed by atoms with Gasteiger partial charge in [-0.15, -0.1) is 0 Å². The van der Waals surface area contributed by atoms with Crippen LogP contribution in [0.4, 0.5) is 0 Å². The number of hydrogen-bond acceptors (Lipinski definition) is 4. The third-order valence-electron chi connectivity index (χ3n) is 2.40. The molecule has 0 aliphatic carbocycles. The molecule has 4 nitrogen and oxygen atoms in total. The minimum atomic E-state index is -0.616. The van der Waals surface area contributed by atoms with Crippen molar-refractivity contribution in [3.63, 3.8) is 0 Å². The lowest BCUT2D eigenvalue weighted by Crippen LogP contribution is -2.24. The Kier molecular flexibility index (Phi) is 3.46. The van der Waals surface area contributed by atoms with Crippen LogP contribution in [0.3, 0.4) is 0 Å². The maximum Gasteiger partial charge on any atom is 0.157 e.